The molecule has 0 saturated heterocycles. The maximum Gasteiger partial charge on any atom is 0.343 e. The molecule has 84 valence electrons. The number of Topliss-reactive ketones (excluding diaryl/α,β-unsaturated/α-hetero) is 1. The van der Waals surface area contributed by atoms with Crippen LogP contribution in [0.3, 0.4) is 0 Å². The highest BCUT2D eigenvalue weighted by Gasteiger charge is 2.50. The molecule has 0 radical (unpaired) electrons. The van der Waals surface area contributed by atoms with Crippen LogP contribution in [0.5, 0.6) is 0 Å². The zero-order chi connectivity index (χ0) is 12.3. The van der Waals surface area contributed by atoms with Gasteiger partial charge in [-0.15, -0.1) is 0 Å². The second-order valence-electron chi connectivity index (χ2n) is 3.11. The van der Waals surface area contributed by atoms with Crippen LogP contribution < -0.4 is 5.73 Å². The van der Waals surface area contributed by atoms with Gasteiger partial charge in [0.05, 0.1) is 0 Å². The first kappa shape index (κ1) is 11.9. The van der Waals surface area contributed by atoms with Gasteiger partial charge in [0.1, 0.15) is 0 Å². The van der Waals surface area contributed by atoms with Gasteiger partial charge in [-0.3, -0.25) is 10.5 Å². The van der Waals surface area contributed by atoms with Gasteiger partial charge in [0.2, 0.25) is 5.78 Å². The molecular weight excluding hydrogens is 214 g/mol. The molecule has 1 rings (SSSR count). The molecule has 6 heteroatoms. The monoisotopic (exact) mass is 223 g/mol. The summed E-state index contributed by atoms with van der Waals surface area (Å²) in [5.74, 6) is -4.95. The fourth-order valence-electron chi connectivity index (χ4n) is 1.10. The quantitative estimate of drug-likeness (QED) is 0.478. The Morgan fingerprint density at radius 3 is 1.81 bits per heavy atom. The van der Waals surface area contributed by atoms with E-state index in [0.717, 1.165) is 0 Å². The number of hydrogen-bond acceptors (Lipinski definition) is 4. The summed E-state index contributed by atoms with van der Waals surface area (Å²) in [5.41, 5.74) is 2.11. The first-order chi connectivity index (χ1) is 7.40. The number of carboxylic acids is 2. The first-order valence-electron chi connectivity index (χ1n) is 4.26. The van der Waals surface area contributed by atoms with E-state index in [9.17, 15) is 14.4 Å². The van der Waals surface area contributed by atoms with Crippen molar-refractivity contribution in [3.8, 4) is 0 Å². The van der Waals surface area contributed by atoms with Crippen molar-refractivity contribution in [2.75, 3.05) is 0 Å². The largest absolute Gasteiger partial charge is 0.479 e. The molecule has 0 bridgehead atoms. The van der Waals surface area contributed by atoms with E-state index in [2.05, 4.69) is 0 Å². The SMILES string of the molecule is NC(C(=O)O)(C(=O)O)C(=O)c1ccccc1. The minimum atomic E-state index is -2.94. The van der Waals surface area contributed by atoms with E-state index in [0.29, 0.717) is 0 Å². The summed E-state index contributed by atoms with van der Waals surface area (Å²) in [7, 11) is 0. The number of aliphatic carboxylic acids is 2. The van der Waals surface area contributed by atoms with Gasteiger partial charge in [-0.2, -0.15) is 0 Å². The fourth-order valence-corrected chi connectivity index (χ4v) is 1.10. The summed E-state index contributed by atoms with van der Waals surface area (Å²) >= 11 is 0. The Labute approximate surface area is 90.3 Å². The van der Waals surface area contributed by atoms with Gasteiger partial charge in [-0.1, -0.05) is 30.3 Å². The van der Waals surface area contributed by atoms with Crippen molar-refractivity contribution < 1.29 is 24.6 Å². The predicted molar refractivity (Wildman–Crippen MR) is 53.0 cm³/mol. The van der Waals surface area contributed by atoms with Crippen LogP contribution in [0, 0.1) is 0 Å². The van der Waals surface area contributed by atoms with Crippen molar-refractivity contribution in [2.45, 2.75) is 5.54 Å². The number of hydrogen-bond donors (Lipinski definition) is 3. The van der Waals surface area contributed by atoms with E-state index in [1.165, 1.54) is 24.3 Å². The maximum atomic E-state index is 11.7. The molecule has 0 aliphatic rings. The Bertz CT molecular complexity index is 426. The lowest BCUT2D eigenvalue weighted by Gasteiger charge is -2.17. The van der Waals surface area contributed by atoms with Gasteiger partial charge in [0, 0.05) is 5.56 Å². The maximum absolute atomic E-state index is 11.7. The molecule has 1 aromatic carbocycles. The second kappa shape index (κ2) is 4.11. The molecule has 0 aliphatic carbocycles. The summed E-state index contributed by atoms with van der Waals surface area (Å²) in [5, 5.41) is 17.4. The average Bonchev–Trinajstić information content (AvgIpc) is 2.27. The third-order valence-corrected chi connectivity index (χ3v) is 2.07. The van der Waals surface area contributed by atoms with Crippen LogP contribution in [0.15, 0.2) is 30.3 Å². The molecule has 6 nitrogen and oxygen atoms in total. The average molecular weight is 223 g/mol. The van der Waals surface area contributed by atoms with Crippen LogP contribution in [0.4, 0.5) is 0 Å². The number of carbonyl (C=O) groups excluding carboxylic acids is 1. The van der Waals surface area contributed by atoms with E-state index in [1.807, 2.05) is 0 Å². The Morgan fingerprint density at radius 1 is 1.00 bits per heavy atom. The van der Waals surface area contributed by atoms with Crippen LogP contribution in [0.2, 0.25) is 0 Å². The third kappa shape index (κ3) is 1.78. The number of carboxylic acid groups (broad SMARTS) is 2. The number of nitrogens with two attached hydrogens (primary N) is 1. The molecule has 0 fully saturated rings. The van der Waals surface area contributed by atoms with Crippen molar-refractivity contribution in [1.29, 1.82) is 0 Å². The van der Waals surface area contributed by atoms with E-state index >= 15 is 0 Å². The van der Waals surface area contributed by atoms with Gasteiger partial charge in [0.25, 0.3) is 5.54 Å². The molecule has 0 heterocycles. The molecule has 0 aliphatic heterocycles. The predicted octanol–water partition coefficient (Wildman–Crippen LogP) is -0.264. The van der Waals surface area contributed by atoms with Gasteiger partial charge >= 0.3 is 11.9 Å². The van der Waals surface area contributed by atoms with Gasteiger partial charge < -0.3 is 10.2 Å². The number of benzene rings is 1. The van der Waals surface area contributed by atoms with Crippen LogP contribution in [0.25, 0.3) is 0 Å². The van der Waals surface area contributed by atoms with Crippen LogP contribution in [0.1, 0.15) is 10.4 Å². The van der Waals surface area contributed by atoms with Crippen LogP contribution in [-0.2, 0) is 9.59 Å². The van der Waals surface area contributed by atoms with E-state index < -0.39 is 23.3 Å². The minimum Gasteiger partial charge on any atom is -0.479 e. The molecule has 0 aromatic heterocycles. The lowest BCUT2D eigenvalue weighted by molar-refractivity contribution is -0.153. The van der Waals surface area contributed by atoms with Crippen molar-refractivity contribution in [1.82, 2.24) is 0 Å². The highest BCUT2D eigenvalue weighted by Crippen LogP contribution is 2.12. The molecule has 0 unspecified atom stereocenters. The molecule has 16 heavy (non-hydrogen) atoms. The van der Waals surface area contributed by atoms with Crippen molar-refractivity contribution >= 4 is 17.7 Å². The lowest BCUT2D eigenvalue weighted by Crippen LogP contribution is -2.61. The number of ketones is 1. The third-order valence-electron chi connectivity index (χ3n) is 2.07. The zero-order valence-electron chi connectivity index (χ0n) is 8.08. The summed E-state index contributed by atoms with van der Waals surface area (Å²) in [6.07, 6.45) is 0. The van der Waals surface area contributed by atoms with Crippen molar-refractivity contribution in [2.24, 2.45) is 5.73 Å². The highest BCUT2D eigenvalue weighted by atomic mass is 16.4. The second-order valence-corrected chi connectivity index (χ2v) is 3.11. The Kier molecular flexibility index (Phi) is 3.05. The topological polar surface area (TPSA) is 118 Å². The van der Waals surface area contributed by atoms with Crippen molar-refractivity contribution in [3.63, 3.8) is 0 Å². The number of rotatable bonds is 4. The Hall–Kier alpha value is -2.21. The molecule has 0 spiro atoms. The molecule has 0 amide bonds. The lowest BCUT2D eigenvalue weighted by atomic mass is 9.90. The minimum absolute atomic E-state index is 0.0604. The van der Waals surface area contributed by atoms with Crippen LogP contribution in [-0.4, -0.2) is 33.5 Å². The standard InChI is InChI=1S/C10H9NO5/c11-10(8(13)14,9(15)16)7(12)6-4-2-1-3-5-6/h1-5H,11H2,(H,13,14)(H,15,16). The van der Waals surface area contributed by atoms with Crippen LogP contribution >= 0.6 is 0 Å². The summed E-state index contributed by atoms with van der Waals surface area (Å²) < 4.78 is 0. The molecule has 1 aromatic rings. The summed E-state index contributed by atoms with van der Waals surface area (Å²) in [6, 6.07) is 7.18. The normalized spacial score (nSPS) is 10.8. The molecule has 0 atom stereocenters. The Balaban J connectivity index is 3.22. The Morgan fingerprint density at radius 2 is 1.44 bits per heavy atom. The smallest absolute Gasteiger partial charge is 0.343 e. The summed E-state index contributed by atoms with van der Waals surface area (Å²) in [6.45, 7) is 0. The zero-order valence-corrected chi connectivity index (χ0v) is 8.08. The van der Waals surface area contributed by atoms with Gasteiger partial charge in [0.15, 0.2) is 0 Å². The first-order valence-corrected chi connectivity index (χ1v) is 4.26. The van der Waals surface area contributed by atoms with Crippen molar-refractivity contribution in [3.05, 3.63) is 35.9 Å². The van der Waals surface area contributed by atoms with Gasteiger partial charge in [-0.25, -0.2) is 9.59 Å². The molecule has 4 N–H and O–H groups in total. The fraction of sp³-hybridized carbons (Fsp3) is 0.100. The molecule has 0 saturated carbocycles. The van der Waals surface area contributed by atoms with E-state index in [-0.39, 0.29) is 5.56 Å². The summed E-state index contributed by atoms with van der Waals surface area (Å²) in [4.78, 5) is 33.2. The number of carbonyl (C=O) groups is 3. The highest BCUT2D eigenvalue weighted by molar-refractivity contribution is 6.29. The van der Waals surface area contributed by atoms with E-state index in [1.54, 1.807) is 6.07 Å². The van der Waals surface area contributed by atoms with Gasteiger partial charge in [-0.05, 0) is 0 Å². The molecular formula is C10H9NO5. The van der Waals surface area contributed by atoms with E-state index in [4.69, 9.17) is 15.9 Å².